The molecule has 1 aliphatic rings. The molecule has 0 aliphatic carbocycles. The topological polar surface area (TPSA) is 28.2 Å². The first-order valence-corrected chi connectivity index (χ1v) is 7.69. The van der Waals surface area contributed by atoms with Gasteiger partial charge >= 0.3 is 0 Å². The molecule has 0 radical (unpaired) electrons. The second-order valence-electron chi connectivity index (χ2n) is 5.61. The Bertz CT molecular complexity index is 352. The zero-order valence-electron chi connectivity index (χ0n) is 12.3. The van der Waals surface area contributed by atoms with Gasteiger partial charge in [-0.15, -0.1) is 0 Å². The summed E-state index contributed by atoms with van der Waals surface area (Å²) in [5.74, 6) is 0. The van der Waals surface area contributed by atoms with Gasteiger partial charge in [0.25, 0.3) is 0 Å². The second-order valence-corrected chi connectivity index (χ2v) is 5.61. The van der Waals surface area contributed by atoms with Gasteiger partial charge in [-0.05, 0) is 64.4 Å². The summed E-state index contributed by atoms with van der Waals surface area (Å²) in [7, 11) is 0. The fourth-order valence-corrected chi connectivity index (χ4v) is 2.93. The zero-order valence-corrected chi connectivity index (χ0v) is 12.3. The minimum atomic E-state index is 0.351. The first-order chi connectivity index (χ1) is 9.29. The number of pyridine rings is 1. The Morgan fingerprint density at radius 3 is 3.00 bits per heavy atom. The number of aromatic nitrogens is 1. The minimum Gasteiger partial charge on any atom is -0.306 e. The smallest absolute Gasteiger partial charge is 0.0570 e. The number of hydrogen-bond acceptors (Lipinski definition) is 3. The van der Waals surface area contributed by atoms with E-state index in [0.29, 0.717) is 12.1 Å². The van der Waals surface area contributed by atoms with Crippen LogP contribution in [0, 0.1) is 0 Å². The molecule has 1 aliphatic heterocycles. The fraction of sp³-hybridized carbons (Fsp3) is 0.688. The van der Waals surface area contributed by atoms with E-state index in [2.05, 4.69) is 41.2 Å². The summed E-state index contributed by atoms with van der Waals surface area (Å²) in [5.41, 5.74) is 1.15. The largest absolute Gasteiger partial charge is 0.306 e. The van der Waals surface area contributed by atoms with Gasteiger partial charge in [-0.1, -0.05) is 13.0 Å². The van der Waals surface area contributed by atoms with Crippen LogP contribution in [0.25, 0.3) is 0 Å². The molecule has 1 unspecified atom stereocenters. The highest BCUT2D eigenvalue weighted by atomic mass is 15.1. The van der Waals surface area contributed by atoms with Crippen LogP contribution in [0.3, 0.4) is 0 Å². The first kappa shape index (κ1) is 14.5. The van der Waals surface area contributed by atoms with Gasteiger partial charge in [0, 0.05) is 18.3 Å². The van der Waals surface area contributed by atoms with E-state index in [4.69, 9.17) is 0 Å². The standard InChI is InChI=1S/C16H27N3/c1-3-11-19-12-6-7-15(9-13-19)18-14(2)16-8-4-5-10-17-16/h4-5,8,10,14-15,18H,3,6-7,9,11-13H2,1-2H3/t14-,15?/m0/s1. The average molecular weight is 261 g/mol. The number of likely N-dealkylation sites (tertiary alicyclic amines) is 1. The SMILES string of the molecule is CCCN1CCCC(N[C@@H](C)c2ccccn2)CC1. The molecule has 106 valence electrons. The van der Waals surface area contributed by atoms with E-state index in [0.717, 1.165) is 5.69 Å². The van der Waals surface area contributed by atoms with Gasteiger partial charge in [-0.2, -0.15) is 0 Å². The van der Waals surface area contributed by atoms with Crippen molar-refractivity contribution in [3.8, 4) is 0 Å². The van der Waals surface area contributed by atoms with E-state index in [1.54, 1.807) is 0 Å². The minimum absolute atomic E-state index is 0.351. The van der Waals surface area contributed by atoms with Crippen LogP contribution < -0.4 is 5.32 Å². The van der Waals surface area contributed by atoms with Crippen molar-refractivity contribution in [3.05, 3.63) is 30.1 Å². The molecule has 3 nitrogen and oxygen atoms in total. The molecule has 2 heterocycles. The molecular formula is C16H27N3. The van der Waals surface area contributed by atoms with Gasteiger partial charge in [0.1, 0.15) is 0 Å². The van der Waals surface area contributed by atoms with Crippen LogP contribution in [0.1, 0.15) is 51.3 Å². The molecule has 0 aromatic carbocycles. The van der Waals surface area contributed by atoms with Crippen LogP contribution >= 0.6 is 0 Å². The van der Waals surface area contributed by atoms with Crippen LogP contribution in [0.4, 0.5) is 0 Å². The molecule has 0 spiro atoms. The number of nitrogens with zero attached hydrogens (tertiary/aromatic N) is 2. The number of rotatable bonds is 5. The van der Waals surface area contributed by atoms with E-state index >= 15 is 0 Å². The van der Waals surface area contributed by atoms with Gasteiger partial charge in [-0.25, -0.2) is 0 Å². The molecule has 1 aromatic heterocycles. The third kappa shape index (κ3) is 4.59. The van der Waals surface area contributed by atoms with Gasteiger partial charge in [0.05, 0.1) is 5.69 Å². The summed E-state index contributed by atoms with van der Waals surface area (Å²) in [4.78, 5) is 7.04. The highest BCUT2D eigenvalue weighted by Crippen LogP contribution is 2.16. The molecule has 1 fully saturated rings. The molecular weight excluding hydrogens is 234 g/mol. The summed E-state index contributed by atoms with van der Waals surface area (Å²) in [5, 5.41) is 3.75. The van der Waals surface area contributed by atoms with Crippen molar-refractivity contribution in [2.75, 3.05) is 19.6 Å². The van der Waals surface area contributed by atoms with Crippen molar-refractivity contribution in [2.24, 2.45) is 0 Å². The summed E-state index contributed by atoms with van der Waals surface area (Å²) in [6.07, 6.45) is 7.01. The maximum absolute atomic E-state index is 4.44. The van der Waals surface area contributed by atoms with Gasteiger partial charge < -0.3 is 10.2 Å². The van der Waals surface area contributed by atoms with E-state index in [1.807, 2.05) is 12.3 Å². The van der Waals surface area contributed by atoms with Crippen molar-refractivity contribution < 1.29 is 0 Å². The Hall–Kier alpha value is -0.930. The van der Waals surface area contributed by atoms with E-state index in [1.165, 1.54) is 45.3 Å². The summed E-state index contributed by atoms with van der Waals surface area (Å²) in [6.45, 7) is 8.24. The first-order valence-electron chi connectivity index (χ1n) is 7.69. The van der Waals surface area contributed by atoms with Gasteiger partial charge in [0.2, 0.25) is 0 Å². The van der Waals surface area contributed by atoms with Gasteiger partial charge in [0.15, 0.2) is 0 Å². The maximum Gasteiger partial charge on any atom is 0.0570 e. The van der Waals surface area contributed by atoms with Crippen molar-refractivity contribution in [1.82, 2.24) is 15.2 Å². The highest BCUT2D eigenvalue weighted by Gasteiger charge is 2.18. The van der Waals surface area contributed by atoms with Crippen molar-refractivity contribution in [3.63, 3.8) is 0 Å². The Kier molecular flexibility index (Phi) is 5.80. The van der Waals surface area contributed by atoms with Crippen molar-refractivity contribution >= 4 is 0 Å². The normalized spacial score (nSPS) is 22.9. The van der Waals surface area contributed by atoms with Crippen LogP contribution in [0.5, 0.6) is 0 Å². The Morgan fingerprint density at radius 1 is 1.37 bits per heavy atom. The molecule has 2 atom stereocenters. The zero-order chi connectivity index (χ0) is 13.5. The lowest BCUT2D eigenvalue weighted by Crippen LogP contribution is -2.33. The predicted molar refractivity (Wildman–Crippen MR) is 80.2 cm³/mol. The van der Waals surface area contributed by atoms with Crippen molar-refractivity contribution in [2.45, 2.75) is 51.6 Å². The molecule has 19 heavy (non-hydrogen) atoms. The molecule has 0 saturated carbocycles. The van der Waals surface area contributed by atoms with Crippen LogP contribution in [0.2, 0.25) is 0 Å². The molecule has 0 bridgehead atoms. The molecule has 1 N–H and O–H groups in total. The molecule has 1 aromatic rings. The van der Waals surface area contributed by atoms with E-state index in [-0.39, 0.29) is 0 Å². The van der Waals surface area contributed by atoms with E-state index < -0.39 is 0 Å². The highest BCUT2D eigenvalue weighted by molar-refractivity contribution is 5.07. The predicted octanol–water partition coefficient (Wildman–Crippen LogP) is 3.00. The molecule has 2 rings (SSSR count). The lowest BCUT2D eigenvalue weighted by atomic mass is 10.1. The summed E-state index contributed by atoms with van der Waals surface area (Å²) in [6, 6.07) is 7.14. The van der Waals surface area contributed by atoms with Gasteiger partial charge in [-0.3, -0.25) is 4.98 Å². The quantitative estimate of drug-likeness (QED) is 0.883. The third-order valence-electron chi connectivity index (χ3n) is 3.98. The number of nitrogens with one attached hydrogen (secondary N) is 1. The van der Waals surface area contributed by atoms with Crippen molar-refractivity contribution in [1.29, 1.82) is 0 Å². The molecule has 1 saturated heterocycles. The monoisotopic (exact) mass is 261 g/mol. The van der Waals surface area contributed by atoms with E-state index in [9.17, 15) is 0 Å². The molecule has 3 heteroatoms. The number of hydrogen-bond donors (Lipinski definition) is 1. The van der Waals surface area contributed by atoms with Crippen LogP contribution in [-0.2, 0) is 0 Å². The average Bonchev–Trinajstić information content (AvgIpc) is 2.66. The van der Waals surface area contributed by atoms with Crippen LogP contribution in [0.15, 0.2) is 24.4 Å². The Balaban J connectivity index is 1.83. The third-order valence-corrected chi connectivity index (χ3v) is 3.98. The fourth-order valence-electron chi connectivity index (χ4n) is 2.93. The summed E-state index contributed by atoms with van der Waals surface area (Å²) >= 11 is 0. The Labute approximate surface area is 117 Å². The van der Waals surface area contributed by atoms with Crippen LogP contribution in [-0.4, -0.2) is 35.6 Å². The second kappa shape index (κ2) is 7.61. The summed E-state index contributed by atoms with van der Waals surface area (Å²) < 4.78 is 0. The lowest BCUT2D eigenvalue weighted by Gasteiger charge is -2.22. The lowest BCUT2D eigenvalue weighted by molar-refractivity contribution is 0.281. The Morgan fingerprint density at radius 2 is 2.26 bits per heavy atom. The molecule has 0 amide bonds. The maximum atomic E-state index is 4.44.